The maximum atomic E-state index is 13.7. The van der Waals surface area contributed by atoms with Crippen LogP contribution in [0.25, 0.3) is 0 Å². The Kier molecular flexibility index (Phi) is 6.29. The van der Waals surface area contributed by atoms with Gasteiger partial charge in [0.1, 0.15) is 11.6 Å². The van der Waals surface area contributed by atoms with Crippen LogP contribution in [0.2, 0.25) is 5.02 Å². The van der Waals surface area contributed by atoms with Crippen molar-refractivity contribution in [3.8, 4) is 0 Å². The van der Waals surface area contributed by atoms with Crippen molar-refractivity contribution in [1.82, 2.24) is 10.2 Å². The first-order valence-corrected chi connectivity index (χ1v) is 7.90. The van der Waals surface area contributed by atoms with Crippen molar-refractivity contribution < 1.29 is 13.6 Å². The summed E-state index contributed by atoms with van der Waals surface area (Å²) in [6.07, 6.45) is 0. The molecule has 0 saturated carbocycles. The van der Waals surface area contributed by atoms with Crippen molar-refractivity contribution >= 4 is 17.5 Å². The number of carbonyl (C=O) groups excluding carboxylic acids is 1. The number of benzene rings is 2. The van der Waals surface area contributed by atoms with Gasteiger partial charge in [0, 0.05) is 23.2 Å². The standard InChI is InChI=1S/C18H19ClF2N2O/c1-12(16-8-7-15(20)9-17(16)21)22-18(24)11-23(2)10-13-3-5-14(19)6-4-13/h3-9,12H,10-11H2,1-2H3,(H,22,24)/t12-/m0/s1. The van der Waals surface area contributed by atoms with E-state index in [9.17, 15) is 13.6 Å². The van der Waals surface area contributed by atoms with Gasteiger partial charge in [-0.05, 0) is 37.7 Å². The molecule has 0 bridgehead atoms. The van der Waals surface area contributed by atoms with E-state index in [1.807, 2.05) is 24.1 Å². The highest BCUT2D eigenvalue weighted by Crippen LogP contribution is 2.17. The number of halogens is 3. The van der Waals surface area contributed by atoms with E-state index in [0.717, 1.165) is 11.6 Å². The third-order valence-corrected chi connectivity index (χ3v) is 3.84. The minimum Gasteiger partial charge on any atom is -0.348 e. The van der Waals surface area contributed by atoms with Gasteiger partial charge in [-0.2, -0.15) is 0 Å². The minimum atomic E-state index is -0.669. The molecule has 0 aromatic heterocycles. The zero-order valence-electron chi connectivity index (χ0n) is 13.5. The van der Waals surface area contributed by atoms with E-state index in [1.165, 1.54) is 12.1 Å². The molecule has 24 heavy (non-hydrogen) atoms. The molecule has 0 unspecified atom stereocenters. The lowest BCUT2D eigenvalue weighted by molar-refractivity contribution is -0.122. The first kappa shape index (κ1) is 18.4. The van der Waals surface area contributed by atoms with Crippen LogP contribution in [0.4, 0.5) is 8.78 Å². The van der Waals surface area contributed by atoms with Crippen LogP contribution in [-0.4, -0.2) is 24.4 Å². The average Bonchev–Trinajstić information content (AvgIpc) is 2.49. The van der Waals surface area contributed by atoms with Gasteiger partial charge in [-0.3, -0.25) is 9.69 Å². The van der Waals surface area contributed by atoms with Gasteiger partial charge < -0.3 is 5.32 Å². The highest BCUT2D eigenvalue weighted by atomic mass is 35.5. The highest BCUT2D eigenvalue weighted by Gasteiger charge is 2.15. The van der Waals surface area contributed by atoms with Crippen molar-refractivity contribution in [3.63, 3.8) is 0 Å². The lowest BCUT2D eigenvalue weighted by Gasteiger charge is -2.19. The number of amides is 1. The van der Waals surface area contributed by atoms with Crippen molar-refractivity contribution in [2.75, 3.05) is 13.6 Å². The molecular formula is C18H19ClF2N2O. The second-order valence-corrected chi connectivity index (χ2v) is 6.19. The van der Waals surface area contributed by atoms with Gasteiger partial charge in [0.05, 0.1) is 12.6 Å². The Hall–Kier alpha value is -1.98. The Bertz CT molecular complexity index is 707. The molecule has 0 radical (unpaired) electrons. The summed E-state index contributed by atoms with van der Waals surface area (Å²) in [4.78, 5) is 13.9. The normalized spacial score (nSPS) is 12.2. The first-order valence-electron chi connectivity index (χ1n) is 7.52. The predicted molar refractivity (Wildman–Crippen MR) is 90.7 cm³/mol. The molecule has 1 N–H and O–H groups in total. The van der Waals surface area contributed by atoms with E-state index in [-0.39, 0.29) is 18.0 Å². The summed E-state index contributed by atoms with van der Waals surface area (Å²) in [5, 5.41) is 3.38. The smallest absolute Gasteiger partial charge is 0.234 e. The molecule has 0 spiro atoms. The van der Waals surface area contributed by atoms with Crippen molar-refractivity contribution in [3.05, 3.63) is 70.2 Å². The monoisotopic (exact) mass is 352 g/mol. The molecule has 128 valence electrons. The summed E-state index contributed by atoms with van der Waals surface area (Å²) in [7, 11) is 1.82. The summed E-state index contributed by atoms with van der Waals surface area (Å²) in [6.45, 7) is 2.41. The number of hydrogen-bond donors (Lipinski definition) is 1. The fraction of sp³-hybridized carbons (Fsp3) is 0.278. The zero-order chi connectivity index (χ0) is 17.7. The van der Waals surface area contributed by atoms with Crippen LogP contribution < -0.4 is 5.32 Å². The topological polar surface area (TPSA) is 32.3 Å². The van der Waals surface area contributed by atoms with Crippen molar-refractivity contribution in [2.45, 2.75) is 19.5 Å². The molecule has 2 aromatic rings. The Morgan fingerprint density at radius 2 is 1.88 bits per heavy atom. The second-order valence-electron chi connectivity index (χ2n) is 5.75. The van der Waals surface area contributed by atoms with E-state index in [1.54, 1.807) is 19.1 Å². The van der Waals surface area contributed by atoms with Gasteiger partial charge in [-0.25, -0.2) is 8.78 Å². The van der Waals surface area contributed by atoms with Crippen LogP contribution in [0.5, 0.6) is 0 Å². The van der Waals surface area contributed by atoms with Crippen LogP contribution in [0.3, 0.4) is 0 Å². The quantitative estimate of drug-likeness (QED) is 0.854. The molecule has 2 aromatic carbocycles. The van der Waals surface area contributed by atoms with Crippen LogP contribution in [0.1, 0.15) is 24.1 Å². The molecule has 2 rings (SSSR count). The fourth-order valence-corrected chi connectivity index (χ4v) is 2.55. The third kappa shape index (κ3) is 5.28. The molecule has 3 nitrogen and oxygen atoms in total. The summed E-state index contributed by atoms with van der Waals surface area (Å²) >= 11 is 5.84. The number of likely N-dealkylation sites (N-methyl/N-ethyl adjacent to an activating group) is 1. The molecule has 0 aliphatic rings. The zero-order valence-corrected chi connectivity index (χ0v) is 14.3. The molecule has 0 aliphatic heterocycles. The highest BCUT2D eigenvalue weighted by molar-refractivity contribution is 6.30. The average molecular weight is 353 g/mol. The van der Waals surface area contributed by atoms with E-state index in [2.05, 4.69) is 5.32 Å². The SMILES string of the molecule is C[C@H](NC(=O)CN(C)Cc1ccc(Cl)cc1)c1ccc(F)cc1F. The molecule has 0 heterocycles. The maximum Gasteiger partial charge on any atom is 0.234 e. The van der Waals surface area contributed by atoms with E-state index in [0.29, 0.717) is 11.6 Å². The number of hydrogen-bond acceptors (Lipinski definition) is 2. The van der Waals surface area contributed by atoms with Gasteiger partial charge in [-0.1, -0.05) is 29.8 Å². The van der Waals surface area contributed by atoms with Gasteiger partial charge in [-0.15, -0.1) is 0 Å². The first-order chi connectivity index (χ1) is 11.3. The maximum absolute atomic E-state index is 13.7. The number of rotatable bonds is 6. The minimum absolute atomic E-state index is 0.162. The summed E-state index contributed by atoms with van der Waals surface area (Å²) in [5.74, 6) is -1.54. The van der Waals surface area contributed by atoms with Crippen LogP contribution in [-0.2, 0) is 11.3 Å². The van der Waals surface area contributed by atoms with Crippen LogP contribution in [0.15, 0.2) is 42.5 Å². The van der Waals surface area contributed by atoms with Gasteiger partial charge in [0.2, 0.25) is 5.91 Å². The number of nitrogens with zero attached hydrogens (tertiary/aromatic N) is 1. The van der Waals surface area contributed by atoms with Gasteiger partial charge in [0.15, 0.2) is 0 Å². The molecule has 1 atom stereocenters. The van der Waals surface area contributed by atoms with Crippen molar-refractivity contribution in [2.24, 2.45) is 0 Å². The second kappa shape index (κ2) is 8.22. The Morgan fingerprint density at radius 3 is 2.50 bits per heavy atom. The van der Waals surface area contributed by atoms with E-state index < -0.39 is 17.7 Å². The summed E-state index contributed by atoms with van der Waals surface area (Å²) < 4.78 is 26.7. The molecule has 1 amide bonds. The number of carbonyl (C=O) groups is 1. The predicted octanol–water partition coefficient (Wildman–Crippen LogP) is 3.93. The van der Waals surface area contributed by atoms with Gasteiger partial charge in [0.25, 0.3) is 0 Å². The largest absolute Gasteiger partial charge is 0.348 e. The Morgan fingerprint density at radius 1 is 1.21 bits per heavy atom. The van der Waals surface area contributed by atoms with Crippen LogP contribution in [0, 0.1) is 11.6 Å². The third-order valence-electron chi connectivity index (χ3n) is 3.59. The molecular weight excluding hydrogens is 334 g/mol. The summed E-state index contributed by atoms with van der Waals surface area (Å²) in [5.41, 5.74) is 1.29. The number of nitrogens with one attached hydrogen (secondary N) is 1. The Labute approximate surface area is 145 Å². The summed E-state index contributed by atoms with van der Waals surface area (Å²) in [6, 6.07) is 10.2. The molecule has 0 aliphatic carbocycles. The molecule has 0 fully saturated rings. The molecule has 6 heteroatoms. The van der Waals surface area contributed by atoms with E-state index >= 15 is 0 Å². The van der Waals surface area contributed by atoms with E-state index in [4.69, 9.17) is 11.6 Å². The van der Waals surface area contributed by atoms with Crippen molar-refractivity contribution in [1.29, 1.82) is 0 Å². The fourth-order valence-electron chi connectivity index (χ4n) is 2.42. The van der Waals surface area contributed by atoms with Crippen LogP contribution >= 0.6 is 11.6 Å². The lowest BCUT2D eigenvalue weighted by Crippen LogP contribution is -2.36. The van der Waals surface area contributed by atoms with Gasteiger partial charge >= 0.3 is 0 Å². The molecule has 0 saturated heterocycles. The lowest BCUT2D eigenvalue weighted by atomic mass is 10.1. The Balaban J connectivity index is 1.88.